The van der Waals surface area contributed by atoms with Gasteiger partial charge in [0.25, 0.3) is 5.91 Å². The summed E-state index contributed by atoms with van der Waals surface area (Å²) >= 11 is 0. The number of hydrogen-bond acceptors (Lipinski definition) is 7. The highest BCUT2D eigenvalue weighted by Gasteiger charge is 2.36. The summed E-state index contributed by atoms with van der Waals surface area (Å²) in [7, 11) is 2.67. The highest BCUT2D eigenvalue weighted by atomic mass is 19.4. The highest BCUT2D eigenvalue weighted by molar-refractivity contribution is 5.98. The Morgan fingerprint density at radius 1 is 0.973 bits per heavy atom. The second-order valence-electron chi connectivity index (χ2n) is 8.13. The second-order valence-corrected chi connectivity index (χ2v) is 8.13. The SMILES string of the molecule is COC[C@](C)(NC(=O)c1cncnc1)C(=O)NCc1ccc(Oc2ccc(OC)cc2C(F)(F)F)cc1. The van der Waals surface area contributed by atoms with Crippen molar-refractivity contribution in [3.8, 4) is 17.2 Å². The third-order valence-corrected chi connectivity index (χ3v) is 5.24. The first-order chi connectivity index (χ1) is 17.6. The molecule has 1 atom stereocenters. The van der Waals surface area contributed by atoms with E-state index in [9.17, 15) is 22.8 Å². The quantitative estimate of drug-likeness (QED) is 0.421. The van der Waals surface area contributed by atoms with Crippen molar-refractivity contribution in [1.82, 2.24) is 20.6 Å². The molecule has 2 amide bonds. The Morgan fingerprint density at radius 2 is 1.62 bits per heavy atom. The van der Waals surface area contributed by atoms with Crippen molar-refractivity contribution in [3.63, 3.8) is 0 Å². The van der Waals surface area contributed by atoms with Gasteiger partial charge in [0.15, 0.2) is 0 Å². The van der Waals surface area contributed by atoms with Crippen LogP contribution in [0.15, 0.2) is 61.2 Å². The summed E-state index contributed by atoms with van der Waals surface area (Å²) in [6.45, 7) is 1.49. The summed E-state index contributed by atoms with van der Waals surface area (Å²) in [5.41, 5.74) is -1.54. The fourth-order valence-corrected chi connectivity index (χ4v) is 3.31. The van der Waals surface area contributed by atoms with E-state index >= 15 is 0 Å². The summed E-state index contributed by atoms with van der Waals surface area (Å²) in [6.07, 6.45) is -0.715. The summed E-state index contributed by atoms with van der Waals surface area (Å²) in [5.74, 6) is -1.20. The topological polar surface area (TPSA) is 112 Å². The van der Waals surface area contributed by atoms with E-state index in [-0.39, 0.29) is 36.0 Å². The van der Waals surface area contributed by atoms with Crippen molar-refractivity contribution in [3.05, 3.63) is 77.9 Å². The van der Waals surface area contributed by atoms with E-state index in [2.05, 4.69) is 20.6 Å². The van der Waals surface area contributed by atoms with Crippen molar-refractivity contribution >= 4 is 11.8 Å². The Labute approximate surface area is 211 Å². The number of halogens is 3. The molecule has 0 aliphatic carbocycles. The Hall–Kier alpha value is -4.19. The van der Waals surface area contributed by atoms with Gasteiger partial charge in [0.05, 0.1) is 19.3 Å². The van der Waals surface area contributed by atoms with Crippen molar-refractivity contribution in [2.45, 2.75) is 25.2 Å². The lowest BCUT2D eigenvalue weighted by atomic mass is 10.0. The van der Waals surface area contributed by atoms with Crippen LogP contribution in [0.25, 0.3) is 0 Å². The second kappa shape index (κ2) is 11.7. The molecule has 0 fully saturated rings. The van der Waals surface area contributed by atoms with Gasteiger partial charge in [0.1, 0.15) is 34.7 Å². The van der Waals surface area contributed by atoms with Crippen LogP contribution in [-0.2, 0) is 22.3 Å². The van der Waals surface area contributed by atoms with Crippen LogP contribution in [0.4, 0.5) is 13.2 Å². The molecule has 9 nitrogen and oxygen atoms in total. The number of rotatable bonds is 10. The molecule has 0 bridgehead atoms. The van der Waals surface area contributed by atoms with Crippen molar-refractivity contribution in [2.75, 3.05) is 20.8 Å². The van der Waals surface area contributed by atoms with Crippen LogP contribution in [0.2, 0.25) is 0 Å². The predicted molar refractivity (Wildman–Crippen MR) is 126 cm³/mol. The molecule has 37 heavy (non-hydrogen) atoms. The van der Waals surface area contributed by atoms with Gasteiger partial charge in [-0.15, -0.1) is 0 Å². The maximum atomic E-state index is 13.4. The average molecular weight is 518 g/mol. The molecule has 2 aromatic carbocycles. The van der Waals surface area contributed by atoms with Gasteiger partial charge in [-0.3, -0.25) is 9.59 Å². The molecular formula is C25H25F3N4O5. The molecule has 2 N–H and O–H groups in total. The first-order valence-corrected chi connectivity index (χ1v) is 10.9. The normalized spacial score (nSPS) is 12.8. The molecule has 3 rings (SSSR count). The first-order valence-electron chi connectivity index (χ1n) is 10.9. The van der Waals surface area contributed by atoms with Crippen molar-refractivity contribution in [1.29, 1.82) is 0 Å². The molecule has 0 aliphatic heterocycles. The van der Waals surface area contributed by atoms with E-state index in [1.54, 1.807) is 12.1 Å². The molecule has 1 heterocycles. The van der Waals surface area contributed by atoms with Gasteiger partial charge < -0.3 is 24.8 Å². The van der Waals surface area contributed by atoms with E-state index in [0.29, 0.717) is 5.56 Å². The minimum absolute atomic E-state index is 0.0551. The molecule has 1 aromatic heterocycles. The van der Waals surface area contributed by atoms with Crippen molar-refractivity contribution < 1.29 is 37.0 Å². The molecule has 0 saturated carbocycles. The van der Waals surface area contributed by atoms with Gasteiger partial charge in [0.2, 0.25) is 5.91 Å². The monoisotopic (exact) mass is 518 g/mol. The number of hydrogen-bond donors (Lipinski definition) is 2. The van der Waals surface area contributed by atoms with E-state index in [4.69, 9.17) is 14.2 Å². The van der Waals surface area contributed by atoms with Crippen LogP contribution >= 0.6 is 0 Å². The van der Waals surface area contributed by atoms with Crippen LogP contribution in [0.5, 0.6) is 17.2 Å². The molecule has 196 valence electrons. The lowest BCUT2D eigenvalue weighted by molar-refractivity contribution is -0.138. The Bertz CT molecular complexity index is 1220. The highest BCUT2D eigenvalue weighted by Crippen LogP contribution is 2.40. The number of ether oxygens (including phenoxy) is 3. The number of methoxy groups -OCH3 is 2. The van der Waals surface area contributed by atoms with Crippen LogP contribution in [0, 0.1) is 0 Å². The average Bonchev–Trinajstić information content (AvgIpc) is 2.88. The van der Waals surface area contributed by atoms with Crippen LogP contribution in [0.1, 0.15) is 28.4 Å². The molecule has 12 heteroatoms. The molecule has 0 spiro atoms. The molecule has 0 radical (unpaired) electrons. The predicted octanol–water partition coefficient (Wildman–Crippen LogP) is 3.75. The number of amides is 2. The minimum Gasteiger partial charge on any atom is -0.497 e. The lowest BCUT2D eigenvalue weighted by Crippen LogP contribution is -2.59. The van der Waals surface area contributed by atoms with Gasteiger partial charge in [-0.1, -0.05) is 12.1 Å². The first kappa shape index (κ1) is 27.4. The number of nitrogens with zero attached hydrogens (tertiary/aromatic N) is 2. The van der Waals surface area contributed by atoms with E-state index < -0.39 is 29.1 Å². The van der Waals surface area contributed by atoms with Gasteiger partial charge in [-0.2, -0.15) is 13.2 Å². The molecule has 0 aliphatic rings. The Morgan fingerprint density at radius 3 is 2.22 bits per heavy atom. The number of aromatic nitrogens is 2. The van der Waals surface area contributed by atoms with E-state index in [1.165, 1.54) is 64.1 Å². The Kier molecular flexibility index (Phi) is 8.66. The number of nitrogens with one attached hydrogen (secondary N) is 2. The van der Waals surface area contributed by atoms with Crippen LogP contribution in [-0.4, -0.2) is 48.1 Å². The van der Waals surface area contributed by atoms with E-state index in [1.807, 2.05) is 0 Å². The summed E-state index contributed by atoms with van der Waals surface area (Å²) in [5, 5.41) is 5.36. The zero-order valence-corrected chi connectivity index (χ0v) is 20.3. The lowest BCUT2D eigenvalue weighted by Gasteiger charge is -2.28. The molecule has 3 aromatic rings. The Balaban J connectivity index is 1.65. The van der Waals surface area contributed by atoms with Gasteiger partial charge >= 0.3 is 6.18 Å². The van der Waals surface area contributed by atoms with Crippen molar-refractivity contribution in [2.24, 2.45) is 0 Å². The number of carbonyl (C=O) groups is 2. The molecular weight excluding hydrogens is 493 g/mol. The largest absolute Gasteiger partial charge is 0.497 e. The third-order valence-electron chi connectivity index (χ3n) is 5.24. The minimum atomic E-state index is -4.63. The molecule has 0 unspecified atom stereocenters. The fourth-order valence-electron chi connectivity index (χ4n) is 3.31. The number of benzene rings is 2. The van der Waals surface area contributed by atoms with Crippen LogP contribution < -0.4 is 20.1 Å². The zero-order chi connectivity index (χ0) is 27.1. The molecule has 0 saturated heterocycles. The standard InChI is InChI=1S/C25H25F3N4O5/c1-24(14-35-2,32-22(33)17-12-29-15-30-13-17)23(34)31-11-16-4-6-18(7-5-16)37-21-9-8-19(36-3)10-20(21)25(26,27)28/h4-10,12-13,15H,11,14H2,1-3H3,(H,31,34)(H,32,33)/t24-/m0/s1. The third kappa shape index (κ3) is 7.17. The van der Waals surface area contributed by atoms with Gasteiger partial charge in [-0.05, 0) is 42.8 Å². The fraction of sp³-hybridized carbons (Fsp3) is 0.280. The number of alkyl halides is 3. The smallest absolute Gasteiger partial charge is 0.420 e. The zero-order valence-electron chi connectivity index (χ0n) is 20.3. The summed E-state index contributed by atoms with van der Waals surface area (Å²) in [6, 6.07) is 9.58. The number of carbonyl (C=O) groups excluding carboxylic acids is 2. The summed E-state index contributed by atoms with van der Waals surface area (Å²) in [4.78, 5) is 33.0. The summed E-state index contributed by atoms with van der Waals surface area (Å²) < 4.78 is 55.7. The van der Waals surface area contributed by atoms with E-state index in [0.717, 1.165) is 6.07 Å². The maximum Gasteiger partial charge on any atom is 0.420 e. The van der Waals surface area contributed by atoms with Gasteiger partial charge in [0, 0.05) is 26.0 Å². The maximum absolute atomic E-state index is 13.4. The van der Waals surface area contributed by atoms with Gasteiger partial charge in [-0.25, -0.2) is 9.97 Å². The van der Waals surface area contributed by atoms with Crippen LogP contribution in [0.3, 0.4) is 0 Å².